The van der Waals surface area contributed by atoms with Gasteiger partial charge in [0.2, 0.25) is 5.91 Å². The molecule has 3 N–H and O–H groups in total. The fraction of sp³-hybridized carbons (Fsp3) is 0.700. The maximum absolute atomic E-state index is 11.4. The molecule has 0 radical (unpaired) electrons. The molecule has 1 saturated heterocycles. The molecule has 2 unspecified atom stereocenters. The minimum absolute atomic E-state index is 0.100. The number of ether oxygens (including phenoxy) is 1. The molecule has 80 valence electrons. The highest BCUT2D eigenvalue weighted by Gasteiger charge is 2.18. The number of nitrogens with one attached hydrogen (secondary N) is 1. The van der Waals surface area contributed by atoms with Gasteiger partial charge in [-0.3, -0.25) is 4.79 Å². The maximum Gasteiger partial charge on any atom is 0.237 e. The van der Waals surface area contributed by atoms with Crippen LogP contribution in [-0.4, -0.2) is 31.7 Å². The number of hydrogen-bond acceptors (Lipinski definition) is 3. The summed E-state index contributed by atoms with van der Waals surface area (Å²) < 4.78 is 5.20. The van der Waals surface area contributed by atoms with Crippen LogP contribution in [0.1, 0.15) is 12.8 Å². The van der Waals surface area contributed by atoms with Crippen LogP contribution in [-0.2, 0) is 9.53 Å². The summed E-state index contributed by atoms with van der Waals surface area (Å²) in [4.78, 5) is 11.4. The standard InChI is InChI=1S/C10H18N2O2/c1-2-3-9(11)10(13)12-6-8-4-5-14-7-8/h2,8-9H,1,3-7,11H2,(H,12,13). The smallest absolute Gasteiger partial charge is 0.237 e. The first-order valence-corrected chi connectivity index (χ1v) is 4.96. The highest BCUT2D eigenvalue weighted by Crippen LogP contribution is 2.10. The minimum atomic E-state index is -0.463. The van der Waals surface area contributed by atoms with Crippen LogP contribution in [0.4, 0.5) is 0 Å². The lowest BCUT2D eigenvalue weighted by atomic mass is 10.1. The molecular formula is C10H18N2O2. The first-order valence-electron chi connectivity index (χ1n) is 4.96. The van der Waals surface area contributed by atoms with E-state index < -0.39 is 6.04 Å². The van der Waals surface area contributed by atoms with Gasteiger partial charge in [-0.25, -0.2) is 0 Å². The fourth-order valence-corrected chi connectivity index (χ4v) is 1.41. The molecule has 14 heavy (non-hydrogen) atoms. The van der Waals surface area contributed by atoms with Crippen molar-refractivity contribution in [3.63, 3.8) is 0 Å². The SMILES string of the molecule is C=CCC(N)C(=O)NCC1CCOC1. The zero-order chi connectivity index (χ0) is 10.4. The molecule has 1 amide bonds. The molecule has 1 heterocycles. The molecule has 1 aliphatic rings. The molecule has 2 atom stereocenters. The van der Waals surface area contributed by atoms with Crippen molar-refractivity contribution < 1.29 is 9.53 Å². The second kappa shape index (κ2) is 5.78. The third-order valence-corrected chi connectivity index (χ3v) is 2.35. The van der Waals surface area contributed by atoms with Crippen LogP contribution in [0.2, 0.25) is 0 Å². The van der Waals surface area contributed by atoms with Gasteiger partial charge in [-0.2, -0.15) is 0 Å². The third kappa shape index (κ3) is 3.47. The van der Waals surface area contributed by atoms with E-state index in [1.54, 1.807) is 6.08 Å². The van der Waals surface area contributed by atoms with Crippen LogP contribution < -0.4 is 11.1 Å². The molecule has 0 saturated carbocycles. The van der Waals surface area contributed by atoms with Gasteiger partial charge < -0.3 is 15.8 Å². The number of rotatable bonds is 5. The van der Waals surface area contributed by atoms with Crippen molar-refractivity contribution in [3.05, 3.63) is 12.7 Å². The zero-order valence-corrected chi connectivity index (χ0v) is 8.37. The summed E-state index contributed by atoms with van der Waals surface area (Å²) in [6.45, 7) is 5.76. The average Bonchev–Trinajstić information content (AvgIpc) is 2.67. The number of hydrogen-bond donors (Lipinski definition) is 2. The molecule has 0 bridgehead atoms. The van der Waals surface area contributed by atoms with Gasteiger partial charge in [0.1, 0.15) is 0 Å². The molecule has 1 aliphatic heterocycles. The minimum Gasteiger partial charge on any atom is -0.381 e. The van der Waals surface area contributed by atoms with E-state index in [9.17, 15) is 4.79 Å². The fourth-order valence-electron chi connectivity index (χ4n) is 1.41. The van der Waals surface area contributed by atoms with Gasteiger partial charge in [-0.05, 0) is 12.8 Å². The van der Waals surface area contributed by atoms with E-state index >= 15 is 0 Å². The van der Waals surface area contributed by atoms with E-state index in [1.807, 2.05) is 0 Å². The van der Waals surface area contributed by atoms with Gasteiger partial charge in [-0.15, -0.1) is 6.58 Å². The summed E-state index contributed by atoms with van der Waals surface area (Å²) in [6.07, 6.45) is 3.20. The van der Waals surface area contributed by atoms with E-state index in [4.69, 9.17) is 10.5 Å². The largest absolute Gasteiger partial charge is 0.381 e. The number of carbonyl (C=O) groups excluding carboxylic acids is 1. The van der Waals surface area contributed by atoms with Crippen molar-refractivity contribution in [3.8, 4) is 0 Å². The summed E-state index contributed by atoms with van der Waals surface area (Å²) in [5, 5.41) is 2.82. The van der Waals surface area contributed by atoms with Crippen LogP contribution >= 0.6 is 0 Å². The second-order valence-electron chi connectivity index (χ2n) is 3.61. The van der Waals surface area contributed by atoms with E-state index in [0.29, 0.717) is 18.9 Å². The van der Waals surface area contributed by atoms with Crippen molar-refractivity contribution in [1.29, 1.82) is 0 Å². The van der Waals surface area contributed by atoms with Gasteiger partial charge in [-0.1, -0.05) is 6.08 Å². The summed E-state index contributed by atoms with van der Waals surface area (Å²) >= 11 is 0. The van der Waals surface area contributed by atoms with Gasteiger partial charge >= 0.3 is 0 Å². The maximum atomic E-state index is 11.4. The van der Waals surface area contributed by atoms with Gasteiger partial charge in [0.25, 0.3) is 0 Å². The molecule has 0 aromatic carbocycles. The lowest BCUT2D eigenvalue weighted by Gasteiger charge is -2.12. The van der Waals surface area contributed by atoms with Crippen LogP contribution in [0, 0.1) is 5.92 Å². The molecular weight excluding hydrogens is 180 g/mol. The topological polar surface area (TPSA) is 64.4 Å². The number of carbonyl (C=O) groups is 1. The molecule has 0 aliphatic carbocycles. The lowest BCUT2D eigenvalue weighted by molar-refractivity contribution is -0.122. The van der Waals surface area contributed by atoms with Crippen molar-refractivity contribution in [2.45, 2.75) is 18.9 Å². The quantitative estimate of drug-likeness (QED) is 0.613. The predicted molar refractivity (Wildman–Crippen MR) is 54.7 cm³/mol. The summed E-state index contributed by atoms with van der Waals surface area (Å²) in [6, 6.07) is -0.463. The molecule has 1 rings (SSSR count). The third-order valence-electron chi connectivity index (χ3n) is 2.35. The van der Waals surface area contributed by atoms with Crippen LogP contribution in [0.25, 0.3) is 0 Å². The molecule has 0 aromatic heterocycles. The van der Waals surface area contributed by atoms with Crippen LogP contribution in [0.5, 0.6) is 0 Å². The Hall–Kier alpha value is -0.870. The van der Waals surface area contributed by atoms with Crippen LogP contribution in [0.3, 0.4) is 0 Å². The Morgan fingerprint density at radius 1 is 1.79 bits per heavy atom. The Bertz CT molecular complexity index is 200. The molecule has 0 spiro atoms. The lowest BCUT2D eigenvalue weighted by Crippen LogP contribution is -2.42. The highest BCUT2D eigenvalue weighted by atomic mass is 16.5. The van der Waals surface area contributed by atoms with E-state index in [-0.39, 0.29) is 5.91 Å². The number of amides is 1. The van der Waals surface area contributed by atoms with E-state index in [0.717, 1.165) is 19.6 Å². The van der Waals surface area contributed by atoms with Gasteiger partial charge in [0.05, 0.1) is 12.6 Å². The van der Waals surface area contributed by atoms with E-state index in [1.165, 1.54) is 0 Å². The zero-order valence-electron chi connectivity index (χ0n) is 8.37. The highest BCUT2D eigenvalue weighted by molar-refractivity contribution is 5.81. The number of nitrogens with two attached hydrogens (primary N) is 1. The first-order chi connectivity index (χ1) is 6.74. The Balaban J connectivity index is 2.16. The van der Waals surface area contributed by atoms with E-state index in [2.05, 4.69) is 11.9 Å². The Morgan fingerprint density at radius 3 is 3.14 bits per heavy atom. The molecule has 4 heteroatoms. The summed E-state index contributed by atoms with van der Waals surface area (Å²) in [5.41, 5.74) is 5.60. The van der Waals surface area contributed by atoms with Crippen molar-refractivity contribution in [2.75, 3.05) is 19.8 Å². The molecule has 0 aromatic rings. The average molecular weight is 198 g/mol. The Kier molecular flexibility index (Phi) is 4.62. The summed E-state index contributed by atoms with van der Waals surface area (Å²) in [7, 11) is 0. The van der Waals surface area contributed by atoms with Crippen molar-refractivity contribution in [1.82, 2.24) is 5.32 Å². The summed E-state index contributed by atoms with van der Waals surface area (Å²) in [5.74, 6) is 0.353. The monoisotopic (exact) mass is 198 g/mol. The Labute approximate surface area is 84.5 Å². The van der Waals surface area contributed by atoms with Crippen LogP contribution in [0.15, 0.2) is 12.7 Å². The predicted octanol–water partition coefficient (Wildman–Crippen LogP) is 0.0425. The molecule has 1 fully saturated rings. The first kappa shape index (κ1) is 11.2. The second-order valence-corrected chi connectivity index (χ2v) is 3.61. The normalized spacial score (nSPS) is 23.1. The van der Waals surface area contributed by atoms with Gasteiger partial charge in [0.15, 0.2) is 0 Å². The Morgan fingerprint density at radius 2 is 2.57 bits per heavy atom. The van der Waals surface area contributed by atoms with Gasteiger partial charge in [0, 0.05) is 19.1 Å². The van der Waals surface area contributed by atoms with Crippen molar-refractivity contribution >= 4 is 5.91 Å². The molecule has 4 nitrogen and oxygen atoms in total. The van der Waals surface area contributed by atoms with Crippen molar-refractivity contribution in [2.24, 2.45) is 11.7 Å².